The second-order valence-corrected chi connectivity index (χ2v) is 4.03. The lowest BCUT2D eigenvalue weighted by Gasteiger charge is -2.30. The Morgan fingerprint density at radius 2 is 2.19 bits per heavy atom. The van der Waals surface area contributed by atoms with E-state index in [9.17, 15) is 0 Å². The summed E-state index contributed by atoms with van der Waals surface area (Å²) in [7, 11) is 1.97. The molecule has 1 aliphatic rings. The number of nitrogens with zero attached hydrogens (tertiary/aromatic N) is 2. The van der Waals surface area contributed by atoms with Crippen LogP contribution in [0.4, 0.5) is 5.82 Å². The van der Waals surface area contributed by atoms with Crippen LogP contribution in [0.1, 0.15) is 18.5 Å². The highest BCUT2D eigenvalue weighted by Crippen LogP contribution is 2.23. The zero-order valence-electron chi connectivity index (χ0n) is 9.94. The monoisotopic (exact) mass is 221 g/mol. The number of nitrogens with one attached hydrogen (secondary N) is 1. The maximum atomic E-state index is 5.36. The highest BCUT2D eigenvalue weighted by Gasteiger charge is 2.17. The molecule has 0 aliphatic carbocycles. The molecule has 4 nitrogen and oxygen atoms in total. The molecule has 1 N–H and O–H groups in total. The minimum atomic E-state index is 0.326. The van der Waals surface area contributed by atoms with Gasteiger partial charge in [-0.05, 0) is 20.0 Å². The second kappa shape index (κ2) is 5.27. The average molecular weight is 221 g/mol. The summed E-state index contributed by atoms with van der Waals surface area (Å²) in [6, 6.07) is 4.46. The van der Waals surface area contributed by atoms with E-state index in [2.05, 4.69) is 28.2 Å². The summed E-state index contributed by atoms with van der Waals surface area (Å²) in [6.45, 7) is 5.61. The van der Waals surface area contributed by atoms with Gasteiger partial charge in [0.05, 0.1) is 13.2 Å². The molecule has 1 aliphatic heterocycles. The van der Waals surface area contributed by atoms with Crippen molar-refractivity contribution >= 4 is 5.82 Å². The van der Waals surface area contributed by atoms with Crippen LogP contribution in [-0.2, 0) is 4.74 Å². The fourth-order valence-corrected chi connectivity index (χ4v) is 1.94. The third-order valence-corrected chi connectivity index (χ3v) is 3.03. The molecule has 0 saturated carbocycles. The number of pyridine rings is 1. The van der Waals surface area contributed by atoms with Crippen molar-refractivity contribution in [2.75, 3.05) is 38.3 Å². The molecule has 1 aromatic rings. The topological polar surface area (TPSA) is 37.4 Å². The molecular weight excluding hydrogens is 202 g/mol. The molecule has 2 heterocycles. The number of hydrogen-bond acceptors (Lipinski definition) is 4. The van der Waals surface area contributed by atoms with Crippen molar-refractivity contribution in [2.24, 2.45) is 0 Å². The normalized spacial score (nSPS) is 18.5. The van der Waals surface area contributed by atoms with Gasteiger partial charge in [0.1, 0.15) is 5.82 Å². The van der Waals surface area contributed by atoms with Crippen molar-refractivity contribution in [3.63, 3.8) is 0 Å². The van der Waals surface area contributed by atoms with E-state index in [-0.39, 0.29) is 0 Å². The van der Waals surface area contributed by atoms with Crippen molar-refractivity contribution < 1.29 is 4.74 Å². The number of aromatic nitrogens is 1. The first-order valence-corrected chi connectivity index (χ1v) is 5.78. The number of hydrogen-bond donors (Lipinski definition) is 1. The molecule has 16 heavy (non-hydrogen) atoms. The molecule has 4 heteroatoms. The number of rotatable bonds is 3. The van der Waals surface area contributed by atoms with Crippen LogP contribution >= 0.6 is 0 Å². The van der Waals surface area contributed by atoms with Crippen LogP contribution in [0.5, 0.6) is 0 Å². The van der Waals surface area contributed by atoms with Gasteiger partial charge in [0.15, 0.2) is 0 Å². The fourth-order valence-electron chi connectivity index (χ4n) is 1.94. The lowest BCUT2D eigenvalue weighted by Crippen LogP contribution is -2.37. The molecule has 1 aromatic heterocycles. The lowest BCUT2D eigenvalue weighted by molar-refractivity contribution is 0.122. The Morgan fingerprint density at radius 3 is 2.88 bits per heavy atom. The number of anilines is 1. The predicted octanol–water partition coefficient (Wildman–Crippen LogP) is 1.20. The smallest absolute Gasteiger partial charge is 0.133 e. The molecule has 88 valence electrons. The maximum Gasteiger partial charge on any atom is 0.133 e. The quantitative estimate of drug-likeness (QED) is 0.832. The van der Waals surface area contributed by atoms with Gasteiger partial charge in [-0.25, -0.2) is 4.98 Å². The molecule has 0 bridgehead atoms. The van der Waals surface area contributed by atoms with Crippen LogP contribution in [0.2, 0.25) is 0 Å². The molecular formula is C12H19N3O. The molecule has 1 fully saturated rings. The van der Waals surface area contributed by atoms with Crippen LogP contribution in [0.15, 0.2) is 18.3 Å². The van der Waals surface area contributed by atoms with Crippen LogP contribution in [0.3, 0.4) is 0 Å². The Morgan fingerprint density at radius 1 is 1.44 bits per heavy atom. The predicted molar refractivity (Wildman–Crippen MR) is 64.7 cm³/mol. The van der Waals surface area contributed by atoms with E-state index in [0.29, 0.717) is 6.04 Å². The van der Waals surface area contributed by atoms with Gasteiger partial charge in [0.2, 0.25) is 0 Å². The van der Waals surface area contributed by atoms with E-state index in [1.165, 1.54) is 5.56 Å². The summed E-state index contributed by atoms with van der Waals surface area (Å²) in [5.41, 5.74) is 1.26. The highest BCUT2D eigenvalue weighted by atomic mass is 16.5. The van der Waals surface area contributed by atoms with Gasteiger partial charge < -0.3 is 15.0 Å². The molecule has 1 saturated heterocycles. The Kier molecular flexibility index (Phi) is 3.74. The molecule has 2 rings (SSSR count). The summed E-state index contributed by atoms with van der Waals surface area (Å²) >= 11 is 0. The number of ether oxygens (including phenoxy) is 1. The van der Waals surface area contributed by atoms with E-state index >= 15 is 0 Å². The fraction of sp³-hybridized carbons (Fsp3) is 0.583. The third kappa shape index (κ3) is 2.33. The SMILES string of the molecule is CNC(C)c1cccnc1N1CCOCC1. The van der Waals surface area contributed by atoms with Crippen LogP contribution in [-0.4, -0.2) is 38.3 Å². The molecule has 1 unspecified atom stereocenters. The Balaban J connectivity index is 2.24. The van der Waals surface area contributed by atoms with E-state index in [1.807, 2.05) is 19.3 Å². The van der Waals surface area contributed by atoms with Crippen molar-refractivity contribution in [2.45, 2.75) is 13.0 Å². The Bertz CT molecular complexity index is 337. The van der Waals surface area contributed by atoms with Crippen molar-refractivity contribution in [3.05, 3.63) is 23.9 Å². The average Bonchev–Trinajstić information content (AvgIpc) is 2.39. The van der Waals surface area contributed by atoms with Crippen LogP contribution < -0.4 is 10.2 Å². The van der Waals surface area contributed by atoms with E-state index in [0.717, 1.165) is 32.1 Å². The Hall–Kier alpha value is -1.13. The summed E-state index contributed by atoms with van der Waals surface area (Å²) in [5, 5.41) is 3.26. The zero-order valence-corrected chi connectivity index (χ0v) is 9.94. The van der Waals surface area contributed by atoms with Crippen LogP contribution in [0.25, 0.3) is 0 Å². The molecule has 0 amide bonds. The molecule has 1 atom stereocenters. The van der Waals surface area contributed by atoms with Crippen molar-refractivity contribution in [1.29, 1.82) is 0 Å². The van der Waals surface area contributed by atoms with Gasteiger partial charge in [-0.1, -0.05) is 6.07 Å². The molecule has 0 spiro atoms. The molecule has 0 radical (unpaired) electrons. The minimum absolute atomic E-state index is 0.326. The first-order valence-electron chi connectivity index (χ1n) is 5.78. The highest BCUT2D eigenvalue weighted by molar-refractivity contribution is 5.48. The van der Waals surface area contributed by atoms with Gasteiger partial charge in [0.25, 0.3) is 0 Å². The Labute approximate surface area is 96.6 Å². The lowest BCUT2D eigenvalue weighted by atomic mass is 10.1. The van der Waals surface area contributed by atoms with Gasteiger partial charge in [-0.15, -0.1) is 0 Å². The first-order chi connectivity index (χ1) is 7.83. The van der Waals surface area contributed by atoms with Gasteiger partial charge in [-0.2, -0.15) is 0 Å². The van der Waals surface area contributed by atoms with Gasteiger partial charge in [-0.3, -0.25) is 0 Å². The van der Waals surface area contributed by atoms with Gasteiger partial charge in [0, 0.05) is 30.9 Å². The third-order valence-electron chi connectivity index (χ3n) is 3.03. The largest absolute Gasteiger partial charge is 0.378 e. The van der Waals surface area contributed by atoms with E-state index < -0.39 is 0 Å². The van der Waals surface area contributed by atoms with Crippen LogP contribution in [0, 0.1) is 0 Å². The van der Waals surface area contributed by atoms with E-state index in [4.69, 9.17) is 4.74 Å². The van der Waals surface area contributed by atoms with Crippen molar-refractivity contribution in [3.8, 4) is 0 Å². The summed E-state index contributed by atoms with van der Waals surface area (Å²) < 4.78 is 5.36. The zero-order chi connectivity index (χ0) is 11.4. The summed E-state index contributed by atoms with van der Waals surface area (Å²) in [4.78, 5) is 6.80. The van der Waals surface area contributed by atoms with Gasteiger partial charge >= 0.3 is 0 Å². The number of morpholine rings is 1. The maximum absolute atomic E-state index is 5.36. The van der Waals surface area contributed by atoms with E-state index in [1.54, 1.807) is 0 Å². The summed E-state index contributed by atoms with van der Waals surface area (Å²) in [6.07, 6.45) is 1.86. The standard InChI is InChI=1S/C12H19N3O/c1-10(13-2)11-4-3-5-14-12(11)15-6-8-16-9-7-15/h3-5,10,13H,6-9H2,1-2H3. The minimum Gasteiger partial charge on any atom is -0.378 e. The second-order valence-electron chi connectivity index (χ2n) is 4.03. The van der Waals surface area contributed by atoms with Crippen molar-refractivity contribution in [1.82, 2.24) is 10.3 Å². The molecule has 0 aromatic carbocycles. The first kappa shape index (κ1) is 11.4. The summed E-state index contributed by atoms with van der Waals surface area (Å²) in [5.74, 6) is 1.09.